The minimum Gasteiger partial charge on any atom is -0.497 e. The summed E-state index contributed by atoms with van der Waals surface area (Å²) >= 11 is 0. The van der Waals surface area contributed by atoms with Crippen LogP contribution < -0.4 is 4.74 Å². The third-order valence-electron chi connectivity index (χ3n) is 2.83. The molecular formula is C14H15NO3. The van der Waals surface area contributed by atoms with Crippen LogP contribution in [-0.4, -0.2) is 25.2 Å². The molecular weight excluding hydrogens is 230 g/mol. The van der Waals surface area contributed by atoms with Crippen molar-refractivity contribution in [2.24, 2.45) is 0 Å². The maximum absolute atomic E-state index is 11.1. The van der Waals surface area contributed by atoms with Crippen LogP contribution in [0.5, 0.6) is 5.75 Å². The summed E-state index contributed by atoms with van der Waals surface area (Å²) in [5.41, 5.74) is 2.98. The fourth-order valence-electron chi connectivity index (χ4n) is 1.89. The first-order valence-electron chi connectivity index (χ1n) is 5.58. The molecule has 0 spiro atoms. The van der Waals surface area contributed by atoms with E-state index in [4.69, 9.17) is 4.74 Å². The SMILES string of the molecule is COC(=O)/C=C/c1c(C)[nH]c2ccc(OC)cc12. The van der Waals surface area contributed by atoms with Crippen molar-refractivity contribution >= 4 is 22.9 Å². The number of carbonyl (C=O) groups is 1. The van der Waals surface area contributed by atoms with Gasteiger partial charge in [0, 0.05) is 28.2 Å². The molecule has 18 heavy (non-hydrogen) atoms. The van der Waals surface area contributed by atoms with Crippen LogP contribution in [0.2, 0.25) is 0 Å². The van der Waals surface area contributed by atoms with E-state index < -0.39 is 0 Å². The highest BCUT2D eigenvalue weighted by atomic mass is 16.5. The highest BCUT2D eigenvalue weighted by Crippen LogP contribution is 2.27. The number of aryl methyl sites for hydroxylation is 1. The Morgan fingerprint density at radius 1 is 1.33 bits per heavy atom. The second kappa shape index (κ2) is 4.96. The molecule has 0 bridgehead atoms. The molecule has 0 amide bonds. The van der Waals surface area contributed by atoms with Crippen molar-refractivity contribution in [2.75, 3.05) is 14.2 Å². The number of H-pyrrole nitrogens is 1. The van der Waals surface area contributed by atoms with Crippen LogP contribution in [0.4, 0.5) is 0 Å². The van der Waals surface area contributed by atoms with Gasteiger partial charge in [0.05, 0.1) is 14.2 Å². The molecule has 2 rings (SSSR count). The summed E-state index contributed by atoms with van der Waals surface area (Å²) in [5.74, 6) is 0.417. The first kappa shape index (κ1) is 12.2. The predicted octanol–water partition coefficient (Wildman–Crippen LogP) is 2.67. The summed E-state index contributed by atoms with van der Waals surface area (Å²) in [6.07, 6.45) is 3.16. The molecule has 0 fully saturated rings. The number of aromatic nitrogens is 1. The highest BCUT2D eigenvalue weighted by molar-refractivity contribution is 5.95. The van der Waals surface area contributed by atoms with Crippen molar-refractivity contribution in [3.8, 4) is 5.75 Å². The molecule has 1 aromatic carbocycles. The van der Waals surface area contributed by atoms with Gasteiger partial charge in [-0.25, -0.2) is 4.79 Å². The lowest BCUT2D eigenvalue weighted by Crippen LogP contribution is -1.93. The smallest absolute Gasteiger partial charge is 0.330 e. The van der Waals surface area contributed by atoms with E-state index in [1.807, 2.05) is 25.1 Å². The van der Waals surface area contributed by atoms with E-state index in [0.29, 0.717) is 0 Å². The van der Waals surface area contributed by atoms with E-state index in [9.17, 15) is 4.79 Å². The summed E-state index contributed by atoms with van der Waals surface area (Å²) < 4.78 is 9.79. The second-order valence-corrected chi connectivity index (χ2v) is 3.93. The van der Waals surface area contributed by atoms with Crippen LogP contribution in [0, 0.1) is 6.92 Å². The number of benzene rings is 1. The van der Waals surface area contributed by atoms with E-state index in [1.165, 1.54) is 13.2 Å². The monoisotopic (exact) mass is 245 g/mol. The molecule has 1 heterocycles. The maximum atomic E-state index is 11.1. The zero-order valence-electron chi connectivity index (χ0n) is 10.6. The molecule has 0 unspecified atom stereocenters. The van der Waals surface area contributed by atoms with Gasteiger partial charge in [0.25, 0.3) is 0 Å². The van der Waals surface area contributed by atoms with Gasteiger partial charge in [0.1, 0.15) is 5.75 Å². The summed E-state index contributed by atoms with van der Waals surface area (Å²) in [6.45, 7) is 1.96. The number of nitrogens with one attached hydrogen (secondary N) is 1. The summed E-state index contributed by atoms with van der Waals surface area (Å²) in [4.78, 5) is 14.4. The van der Waals surface area contributed by atoms with Crippen LogP contribution in [0.3, 0.4) is 0 Å². The topological polar surface area (TPSA) is 51.3 Å². The normalized spacial score (nSPS) is 11.1. The van der Waals surface area contributed by atoms with Gasteiger partial charge in [-0.3, -0.25) is 0 Å². The Morgan fingerprint density at radius 3 is 2.78 bits per heavy atom. The van der Waals surface area contributed by atoms with Crippen molar-refractivity contribution in [3.05, 3.63) is 35.5 Å². The molecule has 1 N–H and O–H groups in total. The average Bonchev–Trinajstić information content (AvgIpc) is 2.70. The van der Waals surface area contributed by atoms with Crippen LogP contribution in [-0.2, 0) is 9.53 Å². The van der Waals surface area contributed by atoms with Gasteiger partial charge >= 0.3 is 5.97 Å². The molecule has 1 aromatic heterocycles. The molecule has 0 saturated carbocycles. The van der Waals surface area contributed by atoms with E-state index >= 15 is 0 Å². The first-order valence-corrected chi connectivity index (χ1v) is 5.58. The van der Waals surface area contributed by atoms with E-state index in [2.05, 4.69) is 9.72 Å². The van der Waals surface area contributed by atoms with Crippen LogP contribution in [0.15, 0.2) is 24.3 Å². The minimum atomic E-state index is -0.369. The lowest BCUT2D eigenvalue weighted by Gasteiger charge is -1.99. The highest BCUT2D eigenvalue weighted by Gasteiger charge is 2.07. The molecule has 0 atom stereocenters. The van der Waals surface area contributed by atoms with Gasteiger partial charge in [-0.05, 0) is 31.2 Å². The Morgan fingerprint density at radius 2 is 2.11 bits per heavy atom. The molecule has 0 aliphatic rings. The zero-order valence-corrected chi connectivity index (χ0v) is 10.6. The van der Waals surface area contributed by atoms with Gasteiger partial charge in [-0.2, -0.15) is 0 Å². The average molecular weight is 245 g/mol. The molecule has 94 valence electrons. The van der Waals surface area contributed by atoms with Gasteiger partial charge in [-0.15, -0.1) is 0 Å². The Labute approximate surface area is 105 Å². The van der Waals surface area contributed by atoms with E-state index in [0.717, 1.165) is 27.9 Å². The fraction of sp³-hybridized carbons (Fsp3) is 0.214. The Hall–Kier alpha value is -2.23. The molecule has 0 aliphatic carbocycles. The van der Waals surface area contributed by atoms with Crippen molar-refractivity contribution in [1.82, 2.24) is 4.98 Å². The zero-order chi connectivity index (χ0) is 13.1. The maximum Gasteiger partial charge on any atom is 0.330 e. The van der Waals surface area contributed by atoms with Crippen molar-refractivity contribution in [3.63, 3.8) is 0 Å². The molecule has 4 heteroatoms. The predicted molar refractivity (Wildman–Crippen MR) is 70.6 cm³/mol. The number of methoxy groups -OCH3 is 2. The van der Waals surface area contributed by atoms with Crippen molar-refractivity contribution in [1.29, 1.82) is 0 Å². The van der Waals surface area contributed by atoms with Gasteiger partial charge in [0.15, 0.2) is 0 Å². The van der Waals surface area contributed by atoms with E-state index in [1.54, 1.807) is 13.2 Å². The lowest BCUT2D eigenvalue weighted by atomic mass is 10.1. The molecule has 4 nitrogen and oxygen atoms in total. The molecule has 0 aliphatic heterocycles. The van der Waals surface area contributed by atoms with Gasteiger partial charge < -0.3 is 14.5 Å². The number of carbonyl (C=O) groups excluding carboxylic acids is 1. The van der Waals surface area contributed by atoms with Gasteiger partial charge in [0.2, 0.25) is 0 Å². The summed E-state index contributed by atoms with van der Waals surface area (Å²) in [7, 11) is 2.99. The number of ether oxygens (including phenoxy) is 2. The van der Waals surface area contributed by atoms with E-state index in [-0.39, 0.29) is 5.97 Å². The number of hydrogen-bond acceptors (Lipinski definition) is 3. The van der Waals surface area contributed by atoms with Crippen LogP contribution in [0.1, 0.15) is 11.3 Å². The number of aromatic amines is 1. The standard InChI is InChI=1S/C14H15NO3/c1-9-11(5-7-14(16)18-3)12-8-10(17-2)4-6-13(12)15-9/h4-8,15H,1-3H3/b7-5+. The Kier molecular flexibility index (Phi) is 3.37. The fourth-order valence-corrected chi connectivity index (χ4v) is 1.89. The number of rotatable bonds is 3. The third-order valence-corrected chi connectivity index (χ3v) is 2.83. The number of hydrogen-bond donors (Lipinski definition) is 1. The molecule has 2 aromatic rings. The lowest BCUT2D eigenvalue weighted by molar-refractivity contribution is -0.134. The van der Waals surface area contributed by atoms with Crippen molar-refractivity contribution < 1.29 is 14.3 Å². The second-order valence-electron chi connectivity index (χ2n) is 3.93. The molecule has 0 radical (unpaired) electrons. The molecule has 0 saturated heterocycles. The summed E-state index contributed by atoms with van der Waals surface area (Å²) in [6, 6.07) is 5.79. The number of esters is 1. The first-order chi connectivity index (χ1) is 8.65. The summed E-state index contributed by atoms with van der Waals surface area (Å²) in [5, 5.41) is 1.02. The van der Waals surface area contributed by atoms with Gasteiger partial charge in [-0.1, -0.05) is 0 Å². The Balaban J connectivity index is 2.51. The third kappa shape index (κ3) is 2.22. The van der Waals surface area contributed by atoms with Crippen LogP contribution in [0.25, 0.3) is 17.0 Å². The van der Waals surface area contributed by atoms with Crippen LogP contribution >= 0.6 is 0 Å². The minimum absolute atomic E-state index is 0.369. The quantitative estimate of drug-likeness (QED) is 0.668. The largest absolute Gasteiger partial charge is 0.497 e. The number of fused-ring (bicyclic) bond motifs is 1. The van der Waals surface area contributed by atoms with Crippen molar-refractivity contribution in [2.45, 2.75) is 6.92 Å². The Bertz CT molecular complexity index is 611.